The standard InChI is InChI=1S/C35H54O6SSi2/c1-25(21-27-23-29(24-33(37)39-27)42-28-15-13-12-14-16-28)38-32(36)20-18-26-17-19-30(40-43(8,9)34(2,3)4)31(22-26)41-44(10,11)35(5,6)7/h12-17,19,22,25,27,29H,18,20-21,23-24H2,1-11H3/t25-,27-,29-/m1/s1. The molecule has 244 valence electrons. The van der Waals surface area contributed by atoms with E-state index in [-0.39, 0.29) is 45.9 Å². The van der Waals surface area contributed by atoms with Crippen molar-refractivity contribution in [1.29, 1.82) is 0 Å². The summed E-state index contributed by atoms with van der Waals surface area (Å²) < 4.78 is 24.9. The zero-order chi connectivity index (χ0) is 32.9. The van der Waals surface area contributed by atoms with Gasteiger partial charge in [-0.25, -0.2) is 0 Å². The van der Waals surface area contributed by atoms with E-state index in [1.807, 2.05) is 43.3 Å². The van der Waals surface area contributed by atoms with Crippen LogP contribution in [0.2, 0.25) is 36.3 Å². The number of thioether (sulfide) groups is 1. The lowest BCUT2D eigenvalue weighted by molar-refractivity contribution is -0.158. The fraction of sp³-hybridized carbons (Fsp3) is 0.600. The van der Waals surface area contributed by atoms with E-state index in [0.717, 1.165) is 28.4 Å². The molecule has 0 radical (unpaired) electrons. The highest BCUT2D eigenvalue weighted by Gasteiger charge is 2.42. The fourth-order valence-corrected chi connectivity index (χ4v) is 7.72. The smallest absolute Gasteiger partial charge is 0.307 e. The van der Waals surface area contributed by atoms with Gasteiger partial charge in [-0.05, 0) is 85.9 Å². The third-order valence-corrected chi connectivity index (χ3v) is 19.1. The van der Waals surface area contributed by atoms with E-state index in [1.165, 1.54) is 0 Å². The molecule has 0 bridgehead atoms. The Labute approximate surface area is 272 Å². The van der Waals surface area contributed by atoms with Crippen LogP contribution in [0, 0.1) is 0 Å². The number of esters is 2. The first kappa shape index (κ1) is 36.2. The maximum Gasteiger partial charge on any atom is 0.307 e. The summed E-state index contributed by atoms with van der Waals surface area (Å²) in [6.45, 7) is 24.2. The van der Waals surface area contributed by atoms with E-state index in [0.29, 0.717) is 19.3 Å². The van der Waals surface area contributed by atoms with E-state index < -0.39 is 16.6 Å². The molecule has 6 nitrogen and oxygen atoms in total. The van der Waals surface area contributed by atoms with Crippen LogP contribution in [-0.2, 0) is 25.5 Å². The quantitative estimate of drug-likeness (QED) is 0.166. The van der Waals surface area contributed by atoms with E-state index in [2.05, 4.69) is 79.9 Å². The van der Waals surface area contributed by atoms with E-state index >= 15 is 0 Å². The Morgan fingerprint density at radius 2 is 1.52 bits per heavy atom. The van der Waals surface area contributed by atoms with Crippen molar-refractivity contribution in [3.63, 3.8) is 0 Å². The minimum absolute atomic E-state index is 0.0318. The molecule has 0 N–H and O–H groups in total. The number of hydrogen-bond acceptors (Lipinski definition) is 7. The van der Waals surface area contributed by atoms with Crippen LogP contribution in [0.4, 0.5) is 0 Å². The topological polar surface area (TPSA) is 71.1 Å². The summed E-state index contributed by atoms with van der Waals surface area (Å²) in [7, 11) is -4.22. The molecule has 0 unspecified atom stereocenters. The summed E-state index contributed by atoms with van der Waals surface area (Å²) in [5.74, 6) is 1.10. The predicted molar refractivity (Wildman–Crippen MR) is 186 cm³/mol. The van der Waals surface area contributed by atoms with Gasteiger partial charge in [-0.15, -0.1) is 11.8 Å². The molecule has 2 aromatic carbocycles. The van der Waals surface area contributed by atoms with Crippen molar-refractivity contribution < 1.29 is 27.9 Å². The molecule has 3 rings (SSSR count). The number of ether oxygens (including phenoxy) is 2. The SMILES string of the molecule is C[C@H](C[C@@H]1C[C@@H](Sc2ccccc2)CC(=O)O1)OC(=O)CCc1ccc(O[Si](C)(C)C(C)(C)C)c(O[Si](C)(C)C(C)(C)C)c1. The van der Waals surface area contributed by atoms with Crippen LogP contribution in [0.1, 0.15) is 79.7 Å². The molecule has 1 heterocycles. The van der Waals surface area contributed by atoms with Crippen molar-refractivity contribution in [1.82, 2.24) is 0 Å². The molecule has 44 heavy (non-hydrogen) atoms. The van der Waals surface area contributed by atoms with Crippen LogP contribution in [-0.4, -0.2) is 46.0 Å². The number of benzene rings is 2. The van der Waals surface area contributed by atoms with Gasteiger partial charge in [0, 0.05) is 23.0 Å². The highest BCUT2D eigenvalue weighted by molar-refractivity contribution is 8.00. The first-order valence-electron chi connectivity index (χ1n) is 15.9. The molecule has 3 atom stereocenters. The van der Waals surface area contributed by atoms with Gasteiger partial charge in [0.25, 0.3) is 16.6 Å². The molecule has 0 amide bonds. The van der Waals surface area contributed by atoms with Gasteiger partial charge in [0.05, 0.1) is 6.42 Å². The molecular weight excluding hydrogens is 605 g/mol. The molecule has 1 fully saturated rings. The van der Waals surface area contributed by atoms with Gasteiger partial charge in [-0.2, -0.15) is 0 Å². The lowest BCUT2D eigenvalue weighted by Gasteiger charge is -2.39. The molecule has 9 heteroatoms. The Balaban J connectivity index is 1.62. The minimum Gasteiger partial charge on any atom is -0.541 e. The number of carbonyl (C=O) groups excluding carboxylic acids is 2. The summed E-state index contributed by atoms with van der Waals surface area (Å²) >= 11 is 1.71. The van der Waals surface area contributed by atoms with E-state index in [9.17, 15) is 9.59 Å². The number of rotatable bonds is 12. The average molecular weight is 659 g/mol. The van der Waals surface area contributed by atoms with Crippen LogP contribution in [0.25, 0.3) is 0 Å². The number of carbonyl (C=O) groups is 2. The Morgan fingerprint density at radius 3 is 2.11 bits per heavy atom. The maximum absolute atomic E-state index is 12.9. The summed E-state index contributed by atoms with van der Waals surface area (Å²) in [4.78, 5) is 26.3. The number of aryl methyl sites for hydroxylation is 1. The lowest BCUT2D eigenvalue weighted by Crippen LogP contribution is -2.45. The van der Waals surface area contributed by atoms with Gasteiger partial charge in [0.2, 0.25) is 0 Å². The third kappa shape index (κ3) is 10.4. The van der Waals surface area contributed by atoms with Crippen LogP contribution < -0.4 is 8.85 Å². The van der Waals surface area contributed by atoms with Crippen molar-refractivity contribution in [2.75, 3.05) is 0 Å². The average Bonchev–Trinajstić information content (AvgIpc) is 2.87. The van der Waals surface area contributed by atoms with Crippen molar-refractivity contribution in [3.05, 3.63) is 54.1 Å². The van der Waals surface area contributed by atoms with Gasteiger partial charge in [0.1, 0.15) is 23.7 Å². The molecule has 1 saturated heterocycles. The van der Waals surface area contributed by atoms with Gasteiger partial charge in [-0.3, -0.25) is 9.59 Å². The Bertz CT molecular complexity index is 1270. The minimum atomic E-state index is -2.14. The summed E-state index contributed by atoms with van der Waals surface area (Å²) in [6, 6.07) is 16.2. The lowest BCUT2D eigenvalue weighted by atomic mass is 10.0. The Morgan fingerprint density at radius 1 is 0.932 bits per heavy atom. The van der Waals surface area contributed by atoms with Gasteiger partial charge in [-0.1, -0.05) is 65.8 Å². The second kappa shape index (κ2) is 14.5. The molecule has 1 aliphatic rings. The van der Waals surface area contributed by atoms with Gasteiger partial charge < -0.3 is 18.3 Å². The highest BCUT2D eigenvalue weighted by Crippen LogP contribution is 2.44. The van der Waals surface area contributed by atoms with Crippen molar-refractivity contribution >= 4 is 40.3 Å². The largest absolute Gasteiger partial charge is 0.541 e. The van der Waals surface area contributed by atoms with Crippen LogP contribution in [0.5, 0.6) is 11.5 Å². The predicted octanol–water partition coefficient (Wildman–Crippen LogP) is 9.58. The molecule has 0 aliphatic carbocycles. The number of cyclic esters (lactones) is 1. The molecular formula is C35H54O6SSi2. The van der Waals surface area contributed by atoms with Gasteiger partial charge >= 0.3 is 11.9 Å². The second-order valence-electron chi connectivity index (χ2n) is 15.1. The van der Waals surface area contributed by atoms with Gasteiger partial charge in [0.15, 0.2) is 0 Å². The van der Waals surface area contributed by atoms with Crippen LogP contribution >= 0.6 is 11.8 Å². The molecule has 0 aromatic heterocycles. The monoisotopic (exact) mass is 658 g/mol. The first-order valence-corrected chi connectivity index (χ1v) is 22.6. The fourth-order valence-electron chi connectivity index (χ4n) is 4.45. The Kier molecular flexibility index (Phi) is 11.9. The summed E-state index contributed by atoms with van der Waals surface area (Å²) in [5, 5.41) is 0.236. The zero-order valence-electron chi connectivity index (χ0n) is 28.7. The van der Waals surface area contributed by atoms with Crippen molar-refractivity contribution in [2.45, 2.75) is 139 Å². The molecule has 1 aliphatic heterocycles. The van der Waals surface area contributed by atoms with E-state index in [4.69, 9.17) is 18.3 Å². The summed E-state index contributed by atoms with van der Waals surface area (Å²) in [6.07, 6.45) is 1.81. The maximum atomic E-state index is 12.9. The normalized spacial score (nSPS) is 18.8. The second-order valence-corrected chi connectivity index (χ2v) is 26.0. The van der Waals surface area contributed by atoms with Crippen molar-refractivity contribution in [2.24, 2.45) is 0 Å². The van der Waals surface area contributed by atoms with E-state index in [1.54, 1.807) is 11.8 Å². The number of hydrogen-bond donors (Lipinski definition) is 0. The highest BCUT2D eigenvalue weighted by atomic mass is 32.2. The third-order valence-electron chi connectivity index (χ3n) is 9.16. The molecule has 2 aromatic rings. The molecule has 0 spiro atoms. The zero-order valence-corrected chi connectivity index (χ0v) is 31.6. The van der Waals surface area contributed by atoms with Crippen LogP contribution in [0.3, 0.4) is 0 Å². The Hall–Kier alpha value is -2.24. The van der Waals surface area contributed by atoms with Crippen LogP contribution in [0.15, 0.2) is 53.4 Å². The van der Waals surface area contributed by atoms with Crippen molar-refractivity contribution in [3.8, 4) is 11.5 Å². The first-order chi connectivity index (χ1) is 20.3. The molecule has 0 saturated carbocycles. The summed E-state index contributed by atoms with van der Waals surface area (Å²) in [5.41, 5.74) is 1.01.